The minimum atomic E-state index is -3.81. The first kappa shape index (κ1) is 22.0. The molecule has 0 aliphatic carbocycles. The van der Waals surface area contributed by atoms with Gasteiger partial charge in [0.1, 0.15) is 6.07 Å². The van der Waals surface area contributed by atoms with Crippen LogP contribution in [0.5, 0.6) is 0 Å². The van der Waals surface area contributed by atoms with Gasteiger partial charge in [-0.25, -0.2) is 8.42 Å². The maximum atomic E-state index is 13.0. The molecule has 2 aliphatic rings. The van der Waals surface area contributed by atoms with E-state index in [9.17, 15) is 23.3 Å². The highest BCUT2D eigenvalue weighted by Gasteiger charge is 2.38. The van der Waals surface area contributed by atoms with Crippen LogP contribution in [-0.2, 0) is 26.2 Å². The number of likely N-dealkylation sites (tertiary alicyclic amines) is 1. The molecule has 2 amide bonds. The minimum absolute atomic E-state index is 0.0137. The SMILES string of the molecule is N#Cc1ccccc1S(=O)(=O)N1CCN(C(=O)[C@H]2CC(=O)N(Cc3ccccc3)C2)CC1. The summed E-state index contributed by atoms with van der Waals surface area (Å²) in [5.74, 6) is -0.557. The molecule has 2 aromatic rings. The summed E-state index contributed by atoms with van der Waals surface area (Å²) in [7, 11) is -3.81. The molecule has 166 valence electrons. The Morgan fingerprint density at radius 3 is 2.34 bits per heavy atom. The lowest BCUT2D eigenvalue weighted by atomic mass is 10.1. The standard InChI is InChI=1S/C23H24N4O4S/c24-15-19-8-4-5-9-21(19)32(30,31)27-12-10-25(11-13-27)23(29)20-14-22(28)26(17-20)16-18-6-2-1-3-7-18/h1-9,20H,10-14,16-17H2/t20-/m0/s1. The van der Waals surface area contributed by atoms with E-state index >= 15 is 0 Å². The van der Waals surface area contributed by atoms with Gasteiger partial charge in [0.05, 0.1) is 16.4 Å². The predicted molar refractivity (Wildman–Crippen MR) is 116 cm³/mol. The Labute approximate surface area is 187 Å². The molecule has 8 nitrogen and oxygen atoms in total. The maximum absolute atomic E-state index is 13.0. The summed E-state index contributed by atoms with van der Waals surface area (Å²) in [6.45, 7) is 1.69. The van der Waals surface area contributed by atoms with Crippen molar-refractivity contribution in [3.63, 3.8) is 0 Å². The van der Waals surface area contributed by atoms with E-state index in [4.69, 9.17) is 0 Å². The number of carbonyl (C=O) groups excluding carboxylic acids is 2. The van der Waals surface area contributed by atoms with E-state index in [0.717, 1.165) is 5.56 Å². The first-order valence-electron chi connectivity index (χ1n) is 10.5. The third kappa shape index (κ3) is 4.38. The van der Waals surface area contributed by atoms with Crippen LogP contribution in [0.1, 0.15) is 17.5 Å². The fourth-order valence-corrected chi connectivity index (χ4v) is 5.79. The highest BCUT2D eigenvalue weighted by molar-refractivity contribution is 7.89. The molecule has 4 rings (SSSR count). The van der Waals surface area contributed by atoms with Crippen molar-refractivity contribution in [3.8, 4) is 6.07 Å². The van der Waals surface area contributed by atoms with Gasteiger partial charge in [0, 0.05) is 45.7 Å². The van der Waals surface area contributed by atoms with Gasteiger partial charge in [-0.05, 0) is 17.7 Å². The van der Waals surface area contributed by atoms with Gasteiger partial charge < -0.3 is 9.80 Å². The Morgan fingerprint density at radius 2 is 1.66 bits per heavy atom. The van der Waals surface area contributed by atoms with E-state index in [1.807, 2.05) is 36.4 Å². The van der Waals surface area contributed by atoms with Crippen LogP contribution >= 0.6 is 0 Å². The average Bonchev–Trinajstić information content (AvgIpc) is 3.19. The zero-order valence-corrected chi connectivity index (χ0v) is 18.4. The van der Waals surface area contributed by atoms with Gasteiger partial charge in [-0.1, -0.05) is 42.5 Å². The van der Waals surface area contributed by atoms with Crippen molar-refractivity contribution in [2.75, 3.05) is 32.7 Å². The number of hydrogen-bond acceptors (Lipinski definition) is 5. The molecule has 0 spiro atoms. The van der Waals surface area contributed by atoms with Gasteiger partial charge in [0.2, 0.25) is 21.8 Å². The van der Waals surface area contributed by atoms with E-state index in [0.29, 0.717) is 13.1 Å². The van der Waals surface area contributed by atoms with Crippen LogP contribution in [0.3, 0.4) is 0 Å². The van der Waals surface area contributed by atoms with Crippen LogP contribution in [0.4, 0.5) is 0 Å². The molecule has 0 aromatic heterocycles. The molecule has 2 heterocycles. The highest BCUT2D eigenvalue weighted by Crippen LogP contribution is 2.25. The van der Waals surface area contributed by atoms with E-state index < -0.39 is 15.9 Å². The number of hydrogen-bond donors (Lipinski definition) is 0. The first-order chi connectivity index (χ1) is 15.4. The first-order valence-corrected chi connectivity index (χ1v) is 11.9. The van der Waals surface area contributed by atoms with Crippen LogP contribution in [0.2, 0.25) is 0 Å². The minimum Gasteiger partial charge on any atom is -0.340 e. The van der Waals surface area contributed by atoms with Gasteiger partial charge in [-0.2, -0.15) is 9.57 Å². The highest BCUT2D eigenvalue weighted by atomic mass is 32.2. The molecule has 32 heavy (non-hydrogen) atoms. The summed E-state index contributed by atoms with van der Waals surface area (Å²) in [6, 6.07) is 17.7. The molecular weight excluding hydrogens is 428 g/mol. The van der Waals surface area contributed by atoms with Crippen molar-refractivity contribution in [1.29, 1.82) is 5.26 Å². The second-order valence-electron chi connectivity index (χ2n) is 8.00. The normalized spacial score (nSPS) is 19.7. The van der Waals surface area contributed by atoms with Gasteiger partial charge in [-0.15, -0.1) is 0 Å². The summed E-state index contributed by atoms with van der Waals surface area (Å²) in [6.07, 6.45) is 0.180. The number of carbonyl (C=O) groups is 2. The lowest BCUT2D eigenvalue weighted by molar-refractivity contribution is -0.137. The number of rotatable bonds is 5. The van der Waals surface area contributed by atoms with Crippen LogP contribution in [0.15, 0.2) is 59.5 Å². The lowest BCUT2D eigenvalue weighted by Crippen LogP contribution is -2.52. The Morgan fingerprint density at radius 1 is 1.00 bits per heavy atom. The summed E-state index contributed by atoms with van der Waals surface area (Å²) in [5, 5.41) is 9.23. The van der Waals surface area contributed by atoms with Crippen LogP contribution in [-0.4, -0.2) is 67.1 Å². The van der Waals surface area contributed by atoms with Crippen LogP contribution < -0.4 is 0 Å². The average molecular weight is 453 g/mol. The Balaban J connectivity index is 1.37. The Hall–Kier alpha value is -3.22. The molecule has 2 aliphatic heterocycles. The van der Waals surface area contributed by atoms with Crippen molar-refractivity contribution >= 4 is 21.8 Å². The van der Waals surface area contributed by atoms with Crippen molar-refractivity contribution in [3.05, 3.63) is 65.7 Å². The van der Waals surface area contributed by atoms with Gasteiger partial charge in [-0.3, -0.25) is 9.59 Å². The summed E-state index contributed by atoms with van der Waals surface area (Å²) in [4.78, 5) is 28.8. The predicted octanol–water partition coefficient (Wildman–Crippen LogP) is 1.44. The molecule has 2 aromatic carbocycles. The molecule has 0 bridgehead atoms. The van der Waals surface area contributed by atoms with E-state index in [2.05, 4.69) is 0 Å². The number of benzene rings is 2. The zero-order valence-electron chi connectivity index (χ0n) is 17.6. The van der Waals surface area contributed by atoms with E-state index in [1.54, 1.807) is 21.9 Å². The van der Waals surface area contributed by atoms with Crippen LogP contribution in [0, 0.1) is 17.2 Å². The number of amides is 2. The fourth-order valence-electron chi connectivity index (χ4n) is 4.22. The molecule has 0 N–H and O–H groups in total. The fraction of sp³-hybridized carbons (Fsp3) is 0.348. The van der Waals surface area contributed by atoms with Crippen molar-refractivity contribution in [1.82, 2.24) is 14.1 Å². The summed E-state index contributed by atoms with van der Waals surface area (Å²) < 4.78 is 27.3. The Bertz CT molecular complexity index is 1150. The zero-order chi connectivity index (χ0) is 22.7. The number of piperazine rings is 1. The summed E-state index contributed by atoms with van der Waals surface area (Å²) in [5.41, 5.74) is 1.12. The van der Waals surface area contributed by atoms with Gasteiger partial charge in [0.15, 0.2) is 0 Å². The van der Waals surface area contributed by atoms with Crippen LogP contribution in [0.25, 0.3) is 0 Å². The smallest absolute Gasteiger partial charge is 0.244 e. The molecule has 2 saturated heterocycles. The van der Waals surface area contributed by atoms with Crippen molar-refractivity contribution < 1.29 is 18.0 Å². The molecule has 1 atom stereocenters. The molecule has 0 saturated carbocycles. The number of nitriles is 1. The molecule has 0 unspecified atom stereocenters. The van der Waals surface area contributed by atoms with Crippen molar-refractivity contribution in [2.45, 2.75) is 17.9 Å². The summed E-state index contributed by atoms with van der Waals surface area (Å²) >= 11 is 0. The van der Waals surface area contributed by atoms with E-state index in [-0.39, 0.29) is 54.9 Å². The molecular formula is C23H24N4O4S. The van der Waals surface area contributed by atoms with Gasteiger partial charge >= 0.3 is 0 Å². The van der Waals surface area contributed by atoms with E-state index in [1.165, 1.54) is 16.4 Å². The third-order valence-electron chi connectivity index (χ3n) is 5.96. The largest absolute Gasteiger partial charge is 0.340 e. The maximum Gasteiger partial charge on any atom is 0.244 e. The number of nitrogens with zero attached hydrogens (tertiary/aromatic N) is 4. The van der Waals surface area contributed by atoms with Crippen molar-refractivity contribution in [2.24, 2.45) is 5.92 Å². The Kier molecular flexibility index (Phi) is 6.26. The number of sulfonamides is 1. The second kappa shape index (κ2) is 9.10. The lowest BCUT2D eigenvalue weighted by Gasteiger charge is -2.35. The third-order valence-corrected chi connectivity index (χ3v) is 7.91. The molecule has 0 radical (unpaired) electrons. The second-order valence-corrected chi connectivity index (χ2v) is 9.90. The molecule has 2 fully saturated rings. The topological polar surface area (TPSA) is 102 Å². The van der Waals surface area contributed by atoms with Gasteiger partial charge in [0.25, 0.3) is 0 Å². The quantitative estimate of drug-likeness (QED) is 0.683. The monoisotopic (exact) mass is 452 g/mol. The molecule has 9 heteroatoms.